The van der Waals surface area contributed by atoms with Gasteiger partial charge in [0, 0.05) is 0 Å². The molecule has 0 spiro atoms. The molecule has 0 aromatic heterocycles. The molecular weight excluding hydrogens is 228 g/mol. The molecule has 108 valence electrons. The summed E-state index contributed by atoms with van der Waals surface area (Å²) < 4.78 is 0. The lowest BCUT2D eigenvalue weighted by molar-refractivity contribution is 0.0399. The van der Waals surface area contributed by atoms with Crippen LogP contribution in [0, 0.1) is 35.5 Å². The van der Waals surface area contributed by atoms with Crippen molar-refractivity contribution in [3.63, 3.8) is 0 Å². The number of rotatable bonds is 2. The van der Waals surface area contributed by atoms with Crippen molar-refractivity contribution < 1.29 is 0 Å². The van der Waals surface area contributed by atoms with Crippen molar-refractivity contribution in [2.45, 2.75) is 72.1 Å². The highest BCUT2D eigenvalue weighted by molar-refractivity contribution is 5.17. The molecule has 0 aliphatic heterocycles. The predicted octanol–water partition coefficient (Wildman–Crippen LogP) is 5.83. The Morgan fingerprint density at radius 1 is 1.00 bits per heavy atom. The minimum atomic E-state index is 0.952. The van der Waals surface area contributed by atoms with E-state index in [1.54, 1.807) is 0 Å². The molecule has 0 N–H and O–H groups in total. The molecule has 0 heterocycles. The van der Waals surface area contributed by atoms with E-state index in [0.717, 1.165) is 35.5 Å². The first-order valence-electron chi connectivity index (χ1n) is 8.93. The van der Waals surface area contributed by atoms with Gasteiger partial charge in [-0.2, -0.15) is 0 Å². The summed E-state index contributed by atoms with van der Waals surface area (Å²) in [4.78, 5) is 0. The minimum absolute atomic E-state index is 0.952. The zero-order valence-electron chi connectivity index (χ0n) is 13.2. The Labute approximate surface area is 120 Å². The van der Waals surface area contributed by atoms with Gasteiger partial charge in [-0.3, -0.25) is 0 Å². The molecule has 3 rings (SSSR count). The number of hydrogen-bond donors (Lipinski definition) is 0. The van der Waals surface area contributed by atoms with Crippen LogP contribution in [0.15, 0.2) is 11.6 Å². The molecule has 6 unspecified atom stereocenters. The molecule has 0 amide bonds. The zero-order valence-corrected chi connectivity index (χ0v) is 13.2. The number of allylic oxidation sites excluding steroid dienone is 2. The van der Waals surface area contributed by atoms with E-state index in [9.17, 15) is 0 Å². The monoisotopic (exact) mass is 260 g/mol. The van der Waals surface area contributed by atoms with E-state index in [-0.39, 0.29) is 0 Å². The van der Waals surface area contributed by atoms with E-state index in [1.165, 1.54) is 51.4 Å². The van der Waals surface area contributed by atoms with Crippen molar-refractivity contribution in [1.82, 2.24) is 0 Å². The summed E-state index contributed by atoms with van der Waals surface area (Å²) in [7, 11) is 0. The van der Waals surface area contributed by atoms with Gasteiger partial charge in [-0.1, -0.05) is 45.3 Å². The van der Waals surface area contributed by atoms with Gasteiger partial charge in [-0.25, -0.2) is 0 Å². The van der Waals surface area contributed by atoms with Gasteiger partial charge in [0.1, 0.15) is 0 Å². The van der Waals surface area contributed by atoms with Crippen LogP contribution in [0.25, 0.3) is 0 Å². The lowest BCUT2D eigenvalue weighted by atomic mass is 9.55. The second-order valence-corrected chi connectivity index (χ2v) is 7.65. The van der Waals surface area contributed by atoms with E-state index >= 15 is 0 Å². The van der Waals surface area contributed by atoms with Gasteiger partial charge in [0.2, 0.25) is 0 Å². The van der Waals surface area contributed by atoms with Crippen LogP contribution in [0.1, 0.15) is 72.1 Å². The molecule has 2 fully saturated rings. The fourth-order valence-corrected chi connectivity index (χ4v) is 5.81. The van der Waals surface area contributed by atoms with Gasteiger partial charge >= 0.3 is 0 Å². The summed E-state index contributed by atoms with van der Waals surface area (Å²) in [6.45, 7) is 7.31. The standard InChI is InChI=1S/C19H32/c1-4-14-7-10-19-17-9-6-13(3)12-15(17)8-11-18(19)16(14)5-2/h8,13-14,16-19H,4-7,9-12H2,1-3H3. The Balaban J connectivity index is 1.81. The number of fused-ring (bicyclic) bond motifs is 3. The second-order valence-electron chi connectivity index (χ2n) is 7.65. The summed E-state index contributed by atoms with van der Waals surface area (Å²) in [6.07, 6.45) is 14.4. The smallest absolute Gasteiger partial charge is 0.0172 e. The van der Waals surface area contributed by atoms with Crippen molar-refractivity contribution in [3.05, 3.63) is 11.6 Å². The molecule has 2 saturated carbocycles. The summed E-state index contributed by atoms with van der Waals surface area (Å²) in [5, 5.41) is 0. The highest BCUT2D eigenvalue weighted by Crippen LogP contribution is 2.54. The average molecular weight is 260 g/mol. The van der Waals surface area contributed by atoms with E-state index in [4.69, 9.17) is 0 Å². The summed E-state index contributed by atoms with van der Waals surface area (Å²) in [5.74, 6) is 6.09. The van der Waals surface area contributed by atoms with Crippen molar-refractivity contribution in [2.75, 3.05) is 0 Å². The Hall–Kier alpha value is -0.260. The second kappa shape index (κ2) is 5.62. The number of hydrogen-bond acceptors (Lipinski definition) is 0. The van der Waals surface area contributed by atoms with Crippen LogP contribution < -0.4 is 0 Å². The molecule has 0 heteroatoms. The molecule has 3 aliphatic carbocycles. The predicted molar refractivity (Wildman–Crippen MR) is 83.0 cm³/mol. The van der Waals surface area contributed by atoms with Crippen molar-refractivity contribution in [2.24, 2.45) is 35.5 Å². The molecule has 0 nitrogen and oxygen atoms in total. The topological polar surface area (TPSA) is 0 Å². The summed E-state index contributed by atoms with van der Waals surface area (Å²) in [6, 6.07) is 0. The van der Waals surface area contributed by atoms with Gasteiger partial charge < -0.3 is 0 Å². The Bertz CT molecular complexity index is 340. The van der Waals surface area contributed by atoms with Crippen molar-refractivity contribution >= 4 is 0 Å². The molecule has 0 aromatic rings. The van der Waals surface area contributed by atoms with Gasteiger partial charge in [-0.05, 0) is 74.0 Å². The highest BCUT2D eigenvalue weighted by atomic mass is 14.5. The van der Waals surface area contributed by atoms with Crippen molar-refractivity contribution in [3.8, 4) is 0 Å². The average Bonchev–Trinajstić information content (AvgIpc) is 2.45. The van der Waals surface area contributed by atoms with Crippen LogP contribution in [-0.4, -0.2) is 0 Å². The molecule has 6 atom stereocenters. The van der Waals surface area contributed by atoms with Crippen LogP contribution >= 0.6 is 0 Å². The molecular formula is C19H32. The van der Waals surface area contributed by atoms with Crippen LogP contribution in [0.2, 0.25) is 0 Å². The maximum atomic E-state index is 2.68. The quantitative estimate of drug-likeness (QED) is 0.548. The van der Waals surface area contributed by atoms with E-state index in [2.05, 4.69) is 26.8 Å². The van der Waals surface area contributed by atoms with Crippen LogP contribution in [0.5, 0.6) is 0 Å². The first kappa shape index (κ1) is 13.7. The first-order valence-corrected chi connectivity index (χ1v) is 8.93. The van der Waals surface area contributed by atoms with Crippen LogP contribution in [-0.2, 0) is 0 Å². The van der Waals surface area contributed by atoms with Gasteiger partial charge in [-0.15, -0.1) is 0 Å². The SMILES string of the molecule is CCC1CCC2C3CCC(C)CC3=CCC2C1CC. The lowest BCUT2D eigenvalue weighted by Gasteiger charge is -2.50. The largest absolute Gasteiger partial charge is 0.0847 e. The van der Waals surface area contributed by atoms with E-state index < -0.39 is 0 Å². The molecule has 0 aromatic carbocycles. The van der Waals surface area contributed by atoms with Gasteiger partial charge in [0.25, 0.3) is 0 Å². The highest BCUT2D eigenvalue weighted by Gasteiger charge is 2.44. The Morgan fingerprint density at radius 2 is 1.84 bits per heavy atom. The van der Waals surface area contributed by atoms with E-state index in [1.807, 2.05) is 5.57 Å². The van der Waals surface area contributed by atoms with Crippen LogP contribution in [0.3, 0.4) is 0 Å². The maximum Gasteiger partial charge on any atom is -0.0172 e. The summed E-state index contributed by atoms with van der Waals surface area (Å²) >= 11 is 0. The third-order valence-corrected chi connectivity index (χ3v) is 6.77. The molecule has 19 heavy (non-hydrogen) atoms. The van der Waals surface area contributed by atoms with Gasteiger partial charge in [0.05, 0.1) is 0 Å². The van der Waals surface area contributed by atoms with Crippen LogP contribution in [0.4, 0.5) is 0 Å². The van der Waals surface area contributed by atoms with E-state index in [0.29, 0.717) is 0 Å². The first-order chi connectivity index (χ1) is 9.24. The molecule has 0 bridgehead atoms. The fraction of sp³-hybridized carbons (Fsp3) is 0.895. The maximum absolute atomic E-state index is 2.68. The molecule has 0 saturated heterocycles. The third-order valence-electron chi connectivity index (χ3n) is 6.77. The van der Waals surface area contributed by atoms with Gasteiger partial charge in [0.15, 0.2) is 0 Å². The Morgan fingerprint density at radius 3 is 2.58 bits per heavy atom. The lowest BCUT2D eigenvalue weighted by Crippen LogP contribution is -2.41. The normalized spacial score (nSPS) is 46.2. The summed E-state index contributed by atoms with van der Waals surface area (Å²) in [5.41, 5.74) is 1.87. The van der Waals surface area contributed by atoms with Crippen molar-refractivity contribution in [1.29, 1.82) is 0 Å². The Kier molecular flexibility index (Phi) is 4.06. The molecule has 0 radical (unpaired) electrons. The minimum Gasteiger partial charge on any atom is -0.0847 e. The third kappa shape index (κ3) is 2.41. The zero-order chi connectivity index (χ0) is 13.4. The fourth-order valence-electron chi connectivity index (χ4n) is 5.81. The molecule has 3 aliphatic rings.